The number of nitrogens with zero attached hydrogens (tertiary/aromatic N) is 1. The molecule has 0 aliphatic carbocycles. The molecule has 3 nitrogen and oxygen atoms in total. The molecule has 0 aliphatic heterocycles. The van der Waals surface area contributed by atoms with Gasteiger partial charge >= 0.3 is 5.97 Å². The van der Waals surface area contributed by atoms with Crippen molar-refractivity contribution in [2.45, 2.75) is 60.5 Å². The van der Waals surface area contributed by atoms with Crippen molar-refractivity contribution in [3.05, 3.63) is 87.7 Å². The van der Waals surface area contributed by atoms with Crippen LogP contribution in [0.5, 0.6) is 0 Å². The predicted molar refractivity (Wildman–Crippen MR) is 119 cm³/mol. The van der Waals surface area contributed by atoms with Gasteiger partial charge in [0.25, 0.3) is 0 Å². The van der Waals surface area contributed by atoms with Crippen LogP contribution in [0.25, 0.3) is 5.69 Å². The number of para-hydroxylation sites is 1. The number of carbonyl (C=O) groups excluding carboxylic acids is 1. The molecule has 1 aromatic heterocycles. The molecule has 0 aliphatic rings. The van der Waals surface area contributed by atoms with E-state index in [4.69, 9.17) is 4.74 Å². The Balaban J connectivity index is 1.82. The van der Waals surface area contributed by atoms with Crippen LogP contribution in [0.4, 0.5) is 0 Å². The van der Waals surface area contributed by atoms with Crippen LogP contribution in [0.2, 0.25) is 0 Å². The first-order chi connectivity index (χ1) is 13.6. The average molecular weight is 390 g/mol. The monoisotopic (exact) mass is 389 g/mol. The van der Waals surface area contributed by atoms with Crippen molar-refractivity contribution < 1.29 is 9.53 Å². The molecule has 0 unspecified atom stereocenters. The van der Waals surface area contributed by atoms with Crippen LogP contribution < -0.4 is 0 Å². The van der Waals surface area contributed by atoms with E-state index < -0.39 is 0 Å². The Morgan fingerprint density at radius 3 is 2.07 bits per heavy atom. The minimum Gasteiger partial charge on any atom is -0.457 e. The lowest BCUT2D eigenvalue weighted by Gasteiger charge is -2.22. The van der Waals surface area contributed by atoms with Crippen LogP contribution in [0.3, 0.4) is 0 Å². The molecule has 0 bridgehead atoms. The molecule has 1 heterocycles. The first kappa shape index (κ1) is 20.9. The van der Waals surface area contributed by atoms with Gasteiger partial charge in [-0.25, -0.2) is 4.79 Å². The molecule has 0 spiro atoms. The van der Waals surface area contributed by atoms with Crippen molar-refractivity contribution >= 4 is 5.97 Å². The standard InChI is InChI=1S/C26H31NO2/c1-17-13-21(26(5,6)7)14-18(2)24(17)16-29-25(28)23-15-19(3)27(20(23)4)22-11-9-8-10-12-22/h8-15H,16H2,1-7H3. The molecule has 0 fully saturated rings. The summed E-state index contributed by atoms with van der Waals surface area (Å²) in [6.07, 6.45) is 0. The average Bonchev–Trinajstić information content (AvgIpc) is 2.95. The van der Waals surface area contributed by atoms with Gasteiger partial charge in [-0.1, -0.05) is 51.1 Å². The summed E-state index contributed by atoms with van der Waals surface area (Å²) < 4.78 is 7.82. The highest BCUT2D eigenvalue weighted by atomic mass is 16.5. The van der Waals surface area contributed by atoms with Crippen LogP contribution >= 0.6 is 0 Å². The van der Waals surface area contributed by atoms with E-state index in [-0.39, 0.29) is 18.0 Å². The second-order valence-corrected chi connectivity index (χ2v) is 8.87. The first-order valence-corrected chi connectivity index (χ1v) is 10.1. The number of hydrogen-bond donors (Lipinski definition) is 0. The minimum absolute atomic E-state index is 0.0969. The number of aromatic nitrogens is 1. The molecule has 3 aromatic rings. The fraction of sp³-hybridized carbons (Fsp3) is 0.346. The molecule has 0 amide bonds. The zero-order valence-electron chi connectivity index (χ0n) is 18.6. The molecule has 0 N–H and O–H groups in total. The van der Waals surface area contributed by atoms with E-state index in [1.807, 2.05) is 50.2 Å². The van der Waals surface area contributed by atoms with Gasteiger partial charge in [-0.15, -0.1) is 0 Å². The fourth-order valence-electron chi connectivity index (χ4n) is 3.81. The van der Waals surface area contributed by atoms with Gasteiger partial charge < -0.3 is 9.30 Å². The topological polar surface area (TPSA) is 31.2 Å². The third-order valence-electron chi connectivity index (χ3n) is 5.58. The molecule has 3 heteroatoms. The number of esters is 1. The summed E-state index contributed by atoms with van der Waals surface area (Å²) in [5.74, 6) is -0.279. The van der Waals surface area contributed by atoms with Crippen LogP contribution in [-0.2, 0) is 16.8 Å². The van der Waals surface area contributed by atoms with Crippen molar-refractivity contribution in [1.29, 1.82) is 0 Å². The Morgan fingerprint density at radius 2 is 1.52 bits per heavy atom. The van der Waals surface area contributed by atoms with Crippen LogP contribution in [0.1, 0.15) is 64.8 Å². The van der Waals surface area contributed by atoms with Crippen molar-refractivity contribution in [1.82, 2.24) is 4.57 Å². The van der Waals surface area contributed by atoms with Gasteiger partial charge in [0, 0.05) is 17.1 Å². The molecule has 152 valence electrons. The summed E-state index contributed by atoms with van der Waals surface area (Å²) in [6, 6.07) is 16.4. The number of rotatable bonds is 4. The second kappa shape index (κ2) is 7.90. The van der Waals surface area contributed by atoms with Gasteiger partial charge in [0.2, 0.25) is 0 Å². The zero-order valence-corrected chi connectivity index (χ0v) is 18.6. The number of ether oxygens (including phenoxy) is 1. The van der Waals surface area contributed by atoms with Gasteiger partial charge in [-0.05, 0) is 73.6 Å². The lowest BCUT2D eigenvalue weighted by atomic mass is 9.84. The van der Waals surface area contributed by atoms with Gasteiger partial charge in [0.05, 0.1) is 5.56 Å². The number of benzene rings is 2. The lowest BCUT2D eigenvalue weighted by molar-refractivity contribution is 0.0470. The Kier molecular flexibility index (Phi) is 5.70. The lowest BCUT2D eigenvalue weighted by Crippen LogP contribution is -2.13. The van der Waals surface area contributed by atoms with Gasteiger partial charge in [-0.3, -0.25) is 0 Å². The normalized spacial score (nSPS) is 11.6. The van der Waals surface area contributed by atoms with E-state index in [1.54, 1.807) is 0 Å². The zero-order chi connectivity index (χ0) is 21.3. The maximum absolute atomic E-state index is 12.8. The van der Waals surface area contributed by atoms with E-state index in [0.717, 1.165) is 33.8 Å². The number of carbonyl (C=O) groups is 1. The molecule has 3 rings (SSSR count). The Morgan fingerprint density at radius 1 is 0.931 bits per heavy atom. The Bertz CT molecular complexity index is 1010. The Labute approximate surface area is 174 Å². The van der Waals surface area contributed by atoms with E-state index in [1.165, 1.54) is 5.56 Å². The smallest absolute Gasteiger partial charge is 0.340 e. The summed E-state index contributed by atoms with van der Waals surface area (Å²) in [6.45, 7) is 15.1. The first-order valence-electron chi connectivity index (χ1n) is 10.1. The van der Waals surface area contributed by atoms with Crippen LogP contribution in [0, 0.1) is 27.7 Å². The largest absolute Gasteiger partial charge is 0.457 e. The second-order valence-electron chi connectivity index (χ2n) is 8.87. The third kappa shape index (κ3) is 4.29. The molecule has 2 aromatic carbocycles. The van der Waals surface area contributed by atoms with Gasteiger partial charge in [0.1, 0.15) is 6.61 Å². The quantitative estimate of drug-likeness (QED) is 0.486. The predicted octanol–water partition coefficient (Wildman–Crippen LogP) is 6.37. The van der Waals surface area contributed by atoms with Gasteiger partial charge in [-0.2, -0.15) is 0 Å². The van der Waals surface area contributed by atoms with Crippen LogP contribution in [-0.4, -0.2) is 10.5 Å². The van der Waals surface area contributed by atoms with Crippen molar-refractivity contribution in [2.75, 3.05) is 0 Å². The summed E-state index contributed by atoms with van der Waals surface area (Å²) in [5, 5.41) is 0. The molecular weight excluding hydrogens is 358 g/mol. The fourth-order valence-corrected chi connectivity index (χ4v) is 3.81. The molecule has 0 saturated carbocycles. The number of hydrogen-bond acceptors (Lipinski definition) is 2. The van der Waals surface area contributed by atoms with Gasteiger partial charge in [0.15, 0.2) is 0 Å². The summed E-state index contributed by atoms with van der Waals surface area (Å²) in [4.78, 5) is 12.8. The Hall–Kier alpha value is -2.81. The SMILES string of the molecule is Cc1cc(C(C)(C)C)cc(C)c1COC(=O)c1cc(C)n(-c2ccccc2)c1C. The highest BCUT2D eigenvalue weighted by Crippen LogP contribution is 2.28. The van der Waals surface area contributed by atoms with E-state index in [0.29, 0.717) is 5.56 Å². The highest BCUT2D eigenvalue weighted by molar-refractivity contribution is 5.91. The van der Waals surface area contributed by atoms with Crippen molar-refractivity contribution in [3.63, 3.8) is 0 Å². The molecule has 0 atom stereocenters. The van der Waals surface area contributed by atoms with Crippen molar-refractivity contribution in [2.24, 2.45) is 0 Å². The van der Waals surface area contributed by atoms with Crippen LogP contribution in [0.15, 0.2) is 48.5 Å². The summed E-state index contributed by atoms with van der Waals surface area (Å²) >= 11 is 0. The maximum atomic E-state index is 12.8. The molecular formula is C26H31NO2. The molecule has 29 heavy (non-hydrogen) atoms. The molecule has 0 saturated heterocycles. The third-order valence-corrected chi connectivity index (χ3v) is 5.58. The van der Waals surface area contributed by atoms with Crippen molar-refractivity contribution in [3.8, 4) is 5.69 Å². The maximum Gasteiger partial charge on any atom is 0.340 e. The minimum atomic E-state index is -0.279. The summed E-state index contributed by atoms with van der Waals surface area (Å²) in [5.41, 5.74) is 8.39. The van der Waals surface area contributed by atoms with E-state index >= 15 is 0 Å². The number of aryl methyl sites for hydroxylation is 3. The van der Waals surface area contributed by atoms with E-state index in [9.17, 15) is 4.79 Å². The molecule has 0 radical (unpaired) electrons. The summed E-state index contributed by atoms with van der Waals surface area (Å²) in [7, 11) is 0. The van der Waals surface area contributed by atoms with E-state index in [2.05, 4.69) is 51.3 Å². The highest BCUT2D eigenvalue weighted by Gasteiger charge is 2.20.